The summed E-state index contributed by atoms with van der Waals surface area (Å²) in [5.74, 6) is 0.306. The second-order valence-corrected chi connectivity index (χ2v) is 12.6. The molecule has 0 radical (unpaired) electrons. The average molecular weight is 619 g/mol. The van der Waals surface area contributed by atoms with Gasteiger partial charge < -0.3 is 9.47 Å². The van der Waals surface area contributed by atoms with Gasteiger partial charge in [-0.25, -0.2) is 4.79 Å². The molecule has 0 aliphatic heterocycles. The number of carbonyl (C=O) groups excluding carboxylic acids is 1. The fraction of sp³-hybridized carbons (Fsp3) is 0.419. The Labute approximate surface area is 278 Å². The number of hydrogen-bond acceptors (Lipinski definition) is 3. The van der Waals surface area contributed by atoms with Crippen molar-refractivity contribution < 1.29 is 14.3 Å². The fourth-order valence-electron chi connectivity index (χ4n) is 6.33. The Balaban J connectivity index is 1.29. The van der Waals surface area contributed by atoms with Crippen LogP contribution >= 0.6 is 0 Å². The first kappa shape index (κ1) is 35.0. The lowest BCUT2D eigenvalue weighted by Crippen LogP contribution is -2.14. The molecule has 46 heavy (non-hydrogen) atoms. The summed E-state index contributed by atoms with van der Waals surface area (Å²) in [6.45, 7) is 5.11. The molecular formula is C43H54O3. The van der Waals surface area contributed by atoms with Gasteiger partial charge >= 0.3 is 6.16 Å². The van der Waals surface area contributed by atoms with Crippen molar-refractivity contribution in [2.45, 2.75) is 103 Å². The second kappa shape index (κ2) is 20.3. The van der Waals surface area contributed by atoms with Crippen LogP contribution in [0, 0.1) is 0 Å². The Morgan fingerprint density at radius 2 is 0.848 bits per heavy atom. The molecule has 0 fully saturated rings. The second-order valence-electron chi connectivity index (χ2n) is 12.6. The molecule has 3 heteroatoms. The summed E-state index contributed by atoms with van der Waals surface area (Å²) in [5, 5.41) is 0. The Bertz CT molecular complexity index is 1260. The van der Waals surface area contributed by atoms with Crippen LogP contribution in [-0.2, 0) is 22.3 Å². The molecule has 0 aromatic heterocycles. The normalized spacial score (nSPS) is 12.4. The summed E-state index contributed by atoms with van der Waals surface area (Å²) < 4.78 is 11.2. The number of rotatable bonds is 20. The third kappa shape index (κ3) is 11.8. The first-order valence-electron chi connectivity index (χ1n) is 17.7. The minimum Gasteiger partial charge on any atom is -0.434 e. The highest BCUT2D eigenvalue weighted by atomic mass is 16.7. The molecule has 4 aromatic carbocycles. The summed E-state index contributed by atoms with van der Waals surface area (Å²) in [6, 6.07) is 39.0. The molecule has 0 heterocycles. The molecule has 0 aliphatic carbocycles. The average Bonchev–Trinajstić information content (AvgIpc) is 3.10. The van der Waals surface area contributed by atoms with E-state index in [-0.39, 0.29) is 11.8 Å². The zero-order valence-electron chi connectivity index (χ0n) is 28.2. The van der Waals surface area contributed by atoms with E-state index < -0.39 is 6.16 Å². The van der Waals surface area contributed by atoms with Crippen LogP contribution in [0.15, 0.2) is 109 Å². The van der Waals surface area contributed by atoms with E-state index in [2.05, 4.69) is 111 Å². The molecule has 244 valence electrons. The molecule has 0 aliphatic rings. The maximum atomic E-state index is 12.7. The molecule has 0 saturated carbocycles. The molecule has 0 saturated heterocycles. The largest absolute Gasteiger partial charge is 0.508 e. The van der Waals surface area contributed by atoms with Crippen LogP contribution in [0.4, 0.5) is 4.79 Å². The quantitative estimate of drug-likeness (QED) is 0.0730. The summed E-state index contributed by atoms with van der Waals surface area (Å²) in [5.41, 5.74) is 7.73. The molecule has 0 amide bonds. The third-order valence-corrected chi connectivity index (χ3v) is 9.06. The van der Waals surface area contributed by atoms with Crippen molar-refractivity contribution in [2.24, 2.45) is 0 Å². The molecule has 4 aromatic rings. The number of carbonyl (C=O) groups is 1. The monoisotopic (exact) mass is 618 g/mol. The molecule has 4 rings (SSSR count). The van der Waals surface area contributed by atoms with E-state index in [4.69, 9.17) is 9.47 Å². The highest BCUT2D eigenvalue weighted by Gasteiger charge is 2.18. The van der Waals surface area contributed by atoms with Crippen molar-refractivity contribution in [3.8, 4) is 0 Å². The van der Waals surface area contributed by atoms with Gasteiger partial charge in [-0.3, -0.25) is 0 Å². The number of unbranched alkanes of at least 4 members (excludes halogenated alkanes) is 6. The van der Waals surface area contributed by atoms with E-state index in [1.165, 1.54) is 84.7 Å². The molecule has 2 atom stereocenters. The first-order valence-corrected chi connectivity index (χ1v) is 17.7. The topological polar surface area (TPSA) is 35.5 Å². The van der Waals surface area contributed by atoms with E-state index in [9.17, 15) is 4.79 Å². The van der Waals surface area contributed by atoms with Crippen LogP contribution in [0.2, 0.25) is 0 Å². The maximum Gasteiger partial charge on any atom is 0.508 e. The zero-order valence-corrected chi connectivity index (χ0v) is 28.2. The zero-order chi connectivity index (χ0) is 32.2. The Hall–Kier alpha value is -3.85. The lowest BCUT2D eigenvalue weighted by atomic mass is 9.88. The lowest BCUT2D eigenvalue weighted by Gasteiger charge is -2.20. The van der Waals surface area contributed by atoms with Crippen molar-refractivity contribution in [1.29, 1.82) is 0 Å². The number of aryl methyl sites for hydroxylation is 2. The van der Waals surface area contributed by atoms with Gasteiger partial charge in [-0.05, 0) is 71.9 Å². The van der Waals surface area contributed by atoms with E-state index in [0.29, 0.717) is 26.1 Å². The molecule has 0 N–H and O–H groups in total. The fourth-order valence-corrected chi connectivity index (χ4v) is 6.33. The number of hydrogen-bond donors (Lipinski definition) is 0. The summed E-state index contributed by atoms with van der Waals surface area (Å²) >= 11 is 0. The Morgan fingerprint density at radius 3 is 1.22 bits per heavy atom. The standard InChI is InChI=1S/C43H54O3/c1-3-5-7-11-17-35-23-27-39(28-24-35)41(37-19-13-9-14-20-37)31-33-45-43(44)46-34-32-42(38-21-15-10-16-22-38)40-29-25-36(26-30-40)18-12-8-6-4-2/h9-10,13-16,19-30,41-42H,3-8,11-12,17-18,31-34H2,1-2H3. The Kier molecular flexibility index (Phi) is 15.5. The SMILES string of the molecule is CCCCCCc1ccc(C(CCOC(=O)OCCC(c2ccccc2)c2ccc(CCCCCC)cc2)c2ccccc2)cc1. The third-order valence-electron chi connectivity index (χ3n) is 9.06. The van der Waals surface area contributed by atoms with Crippen molar-refractivity contribution in [3.63, 3.8) is 0 Å². The van der Waals surface area contributed by atoms with Crippen molar-refractivity contribution in [2.75, 3.05) is 13.2 Å². The minimum absolute atomic E-state index is 0.153. The van der Waals surface area contributed by atoms with E-state index >= 15 is 0 Å². The highest BCUT2D eigenvalue weighted by molar-refractivity contribution is 5.59. The predicted octanol–water partition coefficient (Wildman–Crippen LogP) is 11.8. The van der Waals surface area contributed by atoms with Gasteiger partial charge in [-0.15, -0.1) is 0 Å². The minimum atomic E-state index is -0.594. The van der Waals surface area contributed by atoms with Crippen molar-refractivity contribution >= 4 is 6.16 Å². The van der Waals surface area contributed by atoms with Gasteiger partial charge in [-0.2, -0.15) is 0 Å². The number of ether oxygens (including phenoxy) is 2. The van der Waals surface area contributed by atoms with Crippen molar-refractivity contribution in [3.05, 3.63) is 143 Å². The van der Waals surface area contributed by atoms with Crippen LogP contribution < -0.4 is 0 Å². The summed E-state index contributed by atoms with van der Waals surface area (Å²) in [6.07, 6.45) is 13.2. The van der Waals surface area contributed by atoms with Gasteiger partial charge in [0.2, 0.25) is 0 Å². The van der Waals surface area contributed by atoms with Crippen LogP contribution in [0.1, 0.15) is 123 Å². The van der Waals surface area contributed by atoms with Gasteiger partial charge in [0.1, 0.15) is 0 Å². The molecule has 0 spiro atoms. The van der Waals surface area contributed by atoms with E-state index in [1.54, 1.807) is 0 Å². The maximum absolute atomic E-state index is 12.7. The Morgan fingerprint density at radius 1 is 0.478 bits per heavy atom. The van der Waals surface area contributed by atoms with E-state index in [1.807, 2.05) is 12.1 Å². The van der Waals surface area contributed by atoms with Gasteiger partial charge in [0, 0.05) is 11.8 Å². The van der Waals surface area contributed by atoms with Crippen LogP contribution in [0.5, 0.6) is 0 Å². The van der Waals surface area contributed by atoms with Crippen LogP contribution in [-0.4, -0.2) is 19.4 Å². The molecule has 3 nitrogen and oxygen atoms in total. The smallest absolute Gasteiger partial charge is 0.434 e. The summed E-state index contributed by atoms with van der Waals surface area (Å²) in [4.78, 5) is 12.7. The van der Waals surface area contributed by atoms with Gasteiger partial charge in [0.05, 0.1) is 13.2 Å². The van der Waals surface area contributed by atoms with Gasteiger partial charge in [0.25, 0.3) is 0 Å². The number of benzene rings is 4. The van der Waals surface area contributed by atoms with Crippen molar-refractivity contribution in [1.82, 2.24) is 0 Å². The molecular weight excluding hydrogens is 564 g/mol. The predicted molar refractivity (Wildman–Crippen MR) is 192 cm³/mol. The highest BCUT2D eigenvalue weighted by Crippen LogP contribution is 2.30. The van der Waals surface area contributed by atoms with Crippen LogP contribution in [0.25, 0.3) is 0 Å². The van der Waals surface area contributed by atoms with Gasteiger partial charge in [0.15, 0.2) is 0 Å². The van der Waals surface area contributed by atoms with Crippen LogP contribution in [0.3, 0.4) is 0 Å². The van der Waals surface area contributed by atoms with Gasteiger partial charge in [-0.1, -0.05) is 162 Å². The van der Waals surface area contributed by atoms with E-state index in [0.717, 1.165) is 12.8 Å². The lowest BCUT2D eigenvalue weighted by molar-refractivity contribution is 0.0524. The molecule has 0 bridgehead atoms. The summed E-state index contributed by atoms with van der Waals surface area (Å²) in [7, 11) is 0. The molecule has 2 unspecified atom stereocenters. The first-order chi connectivity index (χ1) is 22.7.